The molecule has 2 rings (SSSR count). The molecular formula is C16H13F3O2. The van der Waals surface area contributed by atoms with Crippen molar-refractivity contribution in [2.45, 2.75) is 19.5 Å². The van der Waals surface area contributed by atoms with E-state index in [4.69, 9.17) is 5.11 Å². The first kappa shape index (κ1) is 15.1. The lowest BCUT2D eigenvalue weighted by Gasteiger charge is -2.09. The Hall–Kier alpha value is -2.30. The molecule has 0 aliphatic heterocycles. The van der Waals surface area contributed by atoms with Gasteiger partial charge in [0.05, 0.1) is 11.1 Å². The van der Waals surface area contributed by atoms with Crippen LogP contribution in [0, 0.1) is 6.92 Å². The third-order valence-corrected chi connectivity index (χ3v) is 3.21. The Bertz CT molecular complexity index is 658. The highest BCUT2D eigenvalue weighted by Gasteiger charge is 2.29. The molecule has 0 heterocycles. The SMILES string of the molecule is Cc1cc(Cc2ccc(C(F)(F)F)cc2)ccc1C(=O)O. The smallest absolute Gasteiger partial charge is 0.416 e. The van der Waals surface area contributed by atoms with E-state index in [-0.39, 0.29) is 5.56 Å². The van der Waals surface area contributed by atoms with Crippen LogP contribution in [0.2, 0.25) is 0 Å². The van der Waals surface area contributed by atoms with Crippen molar-refractivity contribution in [2.75, 3.05) is 0 Å². The number of rotatable bonds is 3. The number of hydrogen-bond acceptors (Lipinski definition) is 1. The number of halogens is 3. The van der Waals surface area contributed by atoms with Crippen LogP contribution in [0.1, 0.15) is 32.6 Å². The van der Waals surface area contributed by atoms with Crippen LogP contribution in [-0.4, -0.2) is 11.1 Å². The van der Waals surface area contributed by atoms with Gasteiger partial charge in [0.2, 0.25) is 0 Å². The topological polar surface area (TPSA) is 37.3 Å². The van der Waals surface area contributed by atoms with Crippen LogP contribution >= 0.6 is 0 Å². The lowest BCUT2D eigenvalue weighted by atomic mass is 9.99. The van der Waals surface area contributed by atoms with Gasteiger partial charge in [-0.05, 0) is 48.2 Å². The van der Waals surface area contributed by atoms with E-state index < -0.39 is 17.7 Å². The van der Waals surface area contributed by atoms with Crippen LogP contribution in [0.3, 0.4) is 0 Å². The molecule has 0 aliphatic carbocycles. The van der Waals surface area contributed by atoms with Crippen molar-refractivity contribution in [1.29, 1.82) is 0 Å². The van der Waals surface area contributed by atoms with Gasteiger partial charge >= 0.3 is 12.1 Å². The largest absolute Gasteiger partial charge is 0.478 e. The molecule has 0 bridgehead atoms. The summed E-state index contributed by atoms with van der Waals surface area (Å²) in [6.07, 6.45) is -3.88. The summed E-state index contributed by atoms with van der Waals surface area (Å²) in [5, 5.41) is 8.95. The molecule has 21 heavy (non-hydrogen) atoms. The van der Waals surface area contributed by atoms with Gasteiger partial charge in [-0.1, -0.05) is 24.3 Å². The van der Waals surface area contributed by atoms with Crippen molar-refractivity contribution in [1.82, 2.24) is 0 Å². The van der Waals surface area contributed by atoms with E-state index in [1.807, 2.05) is 0 Å². The molecule has 0 spiro atoms. The van der Waals surface area contributed by atoms with Gasteiger partial charge in [-0.15, -0.1) is 0 Å². The van der Waals surface area contributed by atoms with Crippen molar-refractivity contribution in [3.8, 4) is 0 Å². The standard InChI is InChI=1S/C16H13F3O2/c1-10-8-12(4-7-14(10)15(20)21)9-11-2-5-13(6-3-11)16(17,18)19/h2-8H,9H2,1H3,(H,20,21). The summed E-state index contributed by atoms with van der Waals surface area (Å²) >= 11 is 0. The highest BCUT2D eigenvalue weighted by atomic mass is 19.4. The predicted molar refractivity (Wildman–Crippen MR) is 72.4 cm³/mol. The Morgan fingerprint density at radius 1 is 1.05 bits per heavy atom. The molecule has 0 radical (unpaired) electrons. The van der Waals surface area contributed by atoms with E-state index in [1.165, 1.54) is 18.2 Å². The lowest BCUT2D eigenvalue weighted by Crippen LogP contribution is -2.04. The number of aromatic carboxylic acids is 1. The summed E-state index contributed by atoms with van der Waals surface area (Å²) in [5.41, 5.74) is 1.78. The molecule has 0 atom stereocenters. The highest BCUT2D eigenvalue weighted by Crippen LogP contribution is 2.29. The average Bonchev–Trinajstić information content (AvgIpc) is 2.38. The summed E-state index contributed by atoms with van der Waals surface area (Å²) in [6, 6.07) is 9.89. The third kappa shape index (κ3) is 3.62. The van der Waals surface area contributed by atoms with Crippen LogP contribution in [0.4, 0.5) is 13.2 Å². The minimum Gasteiger partial charge on any atom is -0.478 e. The zero-order chi connectivity index (χ0) is 15.6. The number of carbonyl (C=O) groups is 1. The maximum absolute atomic E-state index is 12.5. The zero-order valence-corrected chi connectivity index (χ0v) is 11.2. The van der Waals surface area contributed by atoms with Gasteiger partial charge in [0, 0.05) is 0 Å². The van der Waals surface area contributed by atoms with Crippen LogP contribution in [0.15, 0.2) is 42.5 Å². The Kier molecular flexibility index (Phi) is 4.02. The number of carboxylic acids is 1. The van der Waals surface area contributed by atoms with E-state index in [0.717, 1.165) is 23.3 Å². The quantitative estimate of drug-likeness (QED) is 0.916. The van der Waals surface area contributed by atoms with Gasteiger partial charge in [-0.25, -0.2) is 4.79 Å². The monoisotopic (exact) mass is 294 g/mol. The molecule has 0 saturated carbocycles. The number of benzene rings is 2. The Balaban J connectivity index is 2.19. The molecule has 0 amide bonds. The number of aryl methyl sites for hydroxylation is 1. The summed E-state index contributed by atoms with van der Waals surface area (Å²) in [4.78, 5) is 10.9. The minimum atomic E-state index is -4.34. The fourth-order valence-electron chi connectivity index (χ4n) is 2.12. The molecule has 0 unspecified atom stereocenters. The van der Waals surface area contributed by atoms with E-state index >= 15 is 0 Å². The van der Waals surface area contributed by atoms with Gasteiger partial charge in [0.25, 0.3) is 0 Å². The molecular weight excluding hydrogens is 281 g/mol. The highest BCUT2D eigenvalue weighted by molar-refractivity contribution is 5.89. The van der Waals surface area contributed by atoms with E-state index in [2.05, 4.69) is 0 Å². The molecule has 2 nitrogen and oxygen atoms in total. The van der Waals surface area contributed by atoms with E-state index in [0.29, 0.717) is 12.0 Å². The van der Waals surface area contributed by atoms with Gasteiger partial charge < -0.3 is 5.11 Å². The van der Waals surface area contributed by atoms with Crippen molar-refractivity contribution < 1.29 is 23.1 Å². The Morgan fingerprint density at radius 3 is 2.10 bits per heavy atom. The molecule has 0 saturated heterocycles. The fraction of sp³-hybridized carbons (Fsp3) is 0.188. The van der Waals surface area contributed by atoms with Crippen LogP contribution in [0.25, 0.3) is 0 Å². The molecule has 2 aromatic carbocycles. The first-order valence-electron chi connectivity index (χ1n) is 6.26. The second kappa shape index (κ2) is 5.60. The summed E-state index contributed by atoms with van der Waals surface area (Å²) in [5.74, 6) is -0.992. The minimum absolute atomic E-state index is 0.228. The summed E-state index contributed by atoms with van der Waals surface area (Å²) < 4.78 is 37.4. The molecule has 1 N–H and O–H groups in total. The average molecular weight is 294 g/mol. The first-order valence-corrected chi connectivity index (χ1v) is 6.26. The van der Waals surface area contributed by atoms with Crippen LogP contribution in [-0.2, 0) is 12.6 Å². The second-order valence-corrected chi connectivity index (χ2v) is 4.83. The Morgan fingerprint density at radius 2 is 1.62 bits per heavy atom. The van der Waals surface area contributed by atoms with Gasteiger partial charge in [0.1, 0.15) is 0 Å². The predicted octanol–water partition coefficient (Wildman–Crippen LogP) is 4.30. The number of alkyl halides is 3. The number of hydrogen-bond donors (Lipinski definition) is 1. The van der Waals surface area contributed by atoms with Crippen molar-refractivity contribution in [2.24, 2.45) is 0 Å². The molecule has 0 fully saturated rings. The third-order valence-electron chi connectivity index (χ3n) is 3.21. The van der Waals surface area contributed by atoms with E-state index in [1.54, 1.807) is 19.1 Å². The van der Waals surface area contributed by atoms with Gasteiger partial charge in [-0.3, -0.25) is 0 Å². The molecule has 0 aliphatic rings. The van der Waals surface area contributed by atoms with E-state index in [9.17, 15) is 18.0 Å². The van der Waals surface area contributed by atoms with Crippen molar-refractivity contribution in [3.05, 3.63) is 70.3 Å². The van der Waals surface area contributed by atoms with Crippen molar-refractivity contribution in [3.63, 3.8) is 0 Å². The number of carboxylic acid groups (broad SMARTS) is 1. The maximum Gasteiger partial charge on any atom is 0.416 e. The molecule has 0 aromatic heterocycles. The van der Waals surface area contributed by atoms with Crippen LogP contribution in [0.5, 0.6) is 0 Å². The lowest BCUT2D eigenvalue weighted by molar-refractivity contribution is -0.137. The van der Waals surface area contributed by atoms with Crippen molar-refractivity contribution >= 4 is 5.97 Å². The zero-order valence-electron chi connectivity index (χ0n) is 11.2. The Labute approximate surface area is 119 Å². The maximum atomic E-state index is 12.5. The van der Waals surface area contributed by atoms with Crippen LogP contribution < -0.4 is 0 Å². The fourth-order valence-corrected chi connectivity index (χ4v) is 2.12. The van der Waals surface area contributed by atoms with Gasteiger partial charge in [0.15, 0.2) is 0 Å². The normalized spacial score (nSPS) is 11.4. The summed E-state index contributed by atoms with van der Waals surface area (Å²) in [6.45, 7) is 1.69. The molecule has 110 valence electrons. The first-order chi connectivity index (χ1) is 9.77. The van der Waals surface area contributed by atoms with Gasteiger partial charge in [-0.2, -0.15) is 13.2 Å². The second-order valence-electron chi connectivity index (χ2n) is 4.83. The molecule has 5 heteroatoms. The summed E-state index contributed by atoms with van der Waals surface area (Å²) in [7, 11) is 0. The molecule has 2 aromatic rings.